The summed E-state index contributed by atoms with van der Waals surface area (Å²) < 4.78 is 28.8. The fourth-order valence-electron chi connectivity index (χ4n) is 1.62. The Labute approximate surface area is 113 Å². The van der Waals surface area contributed by atoms with Crippen LogP contribution in [0.1, 0.15) is 24.5 Å². The Morgan fingerprint density at radius 2 is 2.16 bits per heavy atom. The largest absolute Gasteiger partial charge is 0.495 e. The molecule has 1 atom stereocenters. The molecule has 0 saturated heterocycles. The molecule has 0 fully saturated rings. The van der Waals surface area contributed by atoms with Crippen molar-refractivity contribution in [1.82, 2.24) is 0 Å². The minimum atomic E-state index is -3.20. The van der Waals surface area contributed by atoms with Crippen LogP contribution in [0.2, 0.25) is 0 Å². The summed E-state index contributed by atoms with van der Waals surface area (Å²) in [7, 11) is -1.74. The smallest absolute Gasteiger partial charge is 0.154 e. The van der Waals surface area contributed by atoms with Crippen LogP contribution in [0.5, 0.6) is 5.75 Å². The summed E-state index contributed by atoms with van der Waals surface area (Å²) in [6.45, 7) is 1.77. The Hall–Kier alpha value is -1.58. The quantitative estimate of drug-likeness (QED) is 0.846. The highest BCUT2D eigenvalue weighted by Gasteiger charge is 2.14. The number of methoxy groups -OCH3 is 1. The third kappa shape index (κ3) is 4.89. The molecule has 1 aromatic rings. The van der Waals surface area contributed by atoms with Gasteiger partial charge in [0.05, 0.1) is 24.2 Å². The van der Waals surface area contributed by atoms with Gasteiger partial charge in [0.2, 0.25) is 0 Å². The molecular formula is C13H18N2O3S. The van der Waals surface area contributed by atoms with Gasteiger partial charge in [0.15, 0.2) is 9.84 Å². The minimum absolute atomic E-state index is 0.0541. The number of nitriles is 1. The van der Waals surface area contributed by atoms with Crippen molar-refractivity contribution < 1.29 is 13.2 Å². The highest BCUT2D eigenvalue weighted by molar-refractivity contribution is 7.90. The lowest BCUT2D eigenvalue weighted by Crippen LogP contribution is -2.20. The second-order valence-electron chi connectivity index (χ2n) is 4.50. The van der Waals surface area contributed by atoms with Crippen molar-refractivity contribution in [2.45, 2.75) is 25.1 Å². The van der Waals surface area contributed by atoms with Crippen LogP contribution < -0.4 is 10.5 Å². The molecule has 5 nitrogen and oxygen atoms in total. The lowest BCUT2D eigenvalue weighted by molar-refractivity contribution is 0.413. The molecular weight excluding hydrogens is 264 g/mol. The summed E-state index contributed by atoms with van der Waals surface area (Å²) >= 11 is 0. The third-order valence-electron chi connectivity index (χ3n) is 2.66. The molecule has 1 aromatic carbocycles. The summed E-state index contributed by atoms with van der Waals surface area (Å²) in [5.74, 6) is 0.413. The van der Waals surface area contributed by atoms with Gasteiger partial charge in [-0.1, -0.05) is 6.07 Å². The van der Waals surface area contributed by atoms with Crippen LogP contribution in [0.15, 0.2) is 18.2 Å². The molecule has 2 N–H and O–H groups in total. The van der Waals surface area contributed by atoms with Crippen molar-refractivity contribution >= 4 is 9.84 Å². The molecule has 0 aliphatic rings. The van der Waals surface area contributed by atoms with Crippen LogP contribution in [0, 0.1) is 11.3 Å². The van der Waals surface area contributed by atoms with Gasteiger partial charge in [0.1, 0.15) is 11.8 Å². The fourth-order valence-corrected chi connectivity index (χ4v) is 3.19. The van der Waals surface area contributed by atoms with Crippen LogP contribution in [0.3, 0.4) is 0 Å². The molecule has 0 aliphatic heterocycles. The number of nitrogens with zero attached hydrogens (tertiary/aromatic N) is 1. The van der Waals surface area contributed by atoms with Crippen molar-refractivity contribution in [3.05, 3.63) is 29.3 Å². The highest BCUT2D eigenvalue weighted by Crippen LogP contribution is 2.20. The van der Waals surface area contributed by atoms with Gasteiger partial charge in [-0.15, -0.1) is 0 Å². The topological polar surface area (TPSA) is 93.2 Å². The first-order valence-electron chi connectivity index (χ1n) is 5.91. The number of hydrogen-bond donors (Lipinski definition) is 1. The van der Waals surface area contributed by atoms with E-state index >= 15 is 0 Å². The fraction of sp³-hybridized carbons (Fsp3) is 0.462. The van der Waals surface area contributed by atoms with E-state index in [0.717, 1.165) is 0 Å². The average Bonchev–Trinajstić information content (AvgIpc) is 2.36. The molecule has 0 amide bonds. The van der Waals surface area contributed by atoms with E-state index in [1.54, 1.807) is 25.1 Å². The maximum Gasteiger partial charge on any atom is 0.154 e. The molecule has 0 spiro atoms. The lowest BCUT2D eigenvalue weighted by Gasteiger charge is -2.08. The van der Waals surface area contributed by atoms with Crippen molar-refractivity contribution in [3.63, 3.8) is 0 Å². The van der Waals surface area contributed by atoms with Gasteiger partial charge in [-0.2, -0.15) is 5.26 Å². The van der Waals surface area contributed by atoms with Crippen LogP contribution in [0.4, 0.5) is 0 Å². The molecule has 0 aromatic heterocycles. The van der Waals surface area contributed by atoms with E-state index in [0.29, 0.717) is 23.3 Å². The lowest BCUT2D eigenvalue weighted by atomic mass is 10.1. The Bertz CT molecular complexity index is 574. The first-order valence-corrected chi connectivity index (χ1v) is 7.73. The van der Waals surface area contributed by atoms with E-state index in [-0.39, 0.29) is 17.5 Å². The molecule has 104 valence electrons. The predicted molar refractivity (Wildman–Crippen MR) is 73.5 cm³/mol. The number of nitrogens with two attached hydrogens (primary N) is 1. The predicted octanol–water partition coefficient (Wildman–Crippen LogP) is 1.22. The van der Waals surface area contributed by atoms with E-state index in [4.69, 9.17) is 15.7 Å². The summed E-state index contributed by atoms with van der Waals surface area (Å²) in [5, 5.41) is 8.95. The van der Waals surface area contributed by atoms with E-state index in [2.05, 4.69) is 0 Å². The summed E-state index contributed by atoms with van der Waals surface area (Å²) in [5.41, 5.74) is 6.47. The monoisotopic (exact) mass is 282 g/mol. The van der Waals surface area contributed by atoms with Gasteiger partial charge in [-0.25, -0.2) is 8.42 Å². The normalized spacial score (nSPS) is 12.7. The Kier molecular flexibility index (Phi) is 5.33. The van der Waals surface area contributed by atoms with Crippen LogP contribution in [0.25, 0.3) is 0 Å². The molecule has 0 bridgehead atoms. The molecule has 1 unspecified atom stereocenters. The zero-order valence-corrected chi connectivity index (χ0v) is 11.9. The Morgan fingerprint density at radius 3 is 2.68 bits per heavy atom. The number of hydrogen-bond acceptors (Lipinski definition) is 5. The standard InChI is InChI=1S/C13H18N2O3S/c1-10(15)5-6-19(16,17)9-11-3-4-13(18-2)12(7-11)8-14/h3-4,7,10H,5-6,9,15H2,1-2H3. The van der Waals surface area contributed by atoms with Crippen molar-refractivity contribution in [2.24, 2.45) is 5.73 Å². The van der Waals surface area contributed by atoms with Gasteiger partial charge in [0.25, 0.3) is 0 Å². The van der Waals surface area contributed by atoms with Crippen molar-refractivity contribution in [1.29, 1.82) is 5.26 Å². The zero-order valence-electron chi connectivity index (χ0n) is 11.1. The summed E-state index contributed by atoms with van der Waals surface area (Å²) in [4.78, 5) is 0. The maximum absolute atomic E-state index is 11.9. The number of sulfone groups is 1. The molecule has 0 radical (unpaired) electrons. The van der Waals surface area contributed by atoms with Gasteiger partial charge >= 0.3 is 0 Å². The van der Waals surface area contributed by atoms with Crippen LogP contribution in [-0.4, -0.2) is 27.3 Å². The van der Waals surface area contributed by atoms with E-state index in [9.17, 15) is 8.42 Å². The van der Waals surface area contributed by atoms with Gasteiger partial charge in [0, 0.05) is 6.04 Å². The SMILES string of the molecule is COc1ccc(CS(=O)(=O)CCC(C)N)cc1C#N. The Balaban J connectivity index is 2.86. The average molecular weight is 282 g/mol. The third-order valence-corrected chi connectivity index (χ3v) is 4.29. The molecule has 6 heteroatoms. The van der Waals surface area contributed by atoms with Crippen molar-refractivity contribution in [3.8, 4) is 11.8 Å². The highest BCUT2D eigenvalue weighted by atomic mass is 32.2. The van der Waals surface area contributed by atoms with E-state index < -0.39 is 9.84 Å². The number of rotatable bonds is 6. The van der Waals surface area contributed by atoms with E-state index in [1.165, 1.54) is 7.11 Å². The number of ether oxygens (including phenoxy) is 1. The molecule has 0 aliphatic carbocycles. The second kappa shape index (κ2) is 6.55. The van der Waals surface area contributed by atoms with Crippen LogP contribution in [-0.2, 0) is 15.6 Å². The second-order valence-corrected chi connectivity index (χ2v) is 6.69. The molecule has 0 saturated carbocycles. The van der Waals surface area contributed by atoms with Gasteiger partial charge < -0.3 is 10.5 Å². The maximum atomic E-state index is 11.9. The molecule has 1 rings (SSSR count). The molecule has 19 heavy (non-hydrogen) atoms. The summed E-state index contributed by atoms with van der Waals surface area (Å²) in [6.07, 6.45) is 0.434. The Morgan fingerprint density at radius 1 is 1.47 bits per heavy atom. The first kappa shape index (κ1) is 15.5. The molecule has 0 heterocycles. The zero-order chi connectivity index (χ0) is 14.5. The first-order chi connectivity index (χ1) is 8.88. The summed E-state index contributed by atoms with van der Waals surface area (Å²) in [6, 6.07) is 6.65. The van der Waals surface area contributed by atoms with Gasteiger partial charge in [-0.3, -0.25) is 0 Å². The number of benzene rings is 1. The van der Waals surface area contributed by atoms with E-state index in [1.807, 2.05) is 6.07 Å². The van der Waals surface area contributed by atoms with Gasteiger partial charge in [-0.05, 0) is 31.0 Å². The minimum Gasteiger partial charge on any atom is -0.495 e. The van der Waals surface area contributed by atoms with Crippen molar-refractivity contribution in [2.75, 3.05) is 12.9 Å². The van der Waals surface area contributed by atoms with Crippen LogP contribution >= 0.6 is 0 Å².